The fraction of sp³-hybridized carbons (Fsp3) is 0.0370. The van der Waals surface area contributed by atoms with E-state index in [9.17, 15) is 0 Å². The second-order valence-electron chi connectivity index (χ2n) is 24.0. The summed E-state index contributed by atoms with van der Waals surface area (Å²) in [5, 5.41) is 5.02. The Hall–Kier alpha value is -10.9. The molecule has 0 amide bonds. The standard InChI is InChI=1S/C81H53BN4/c1-50-40-43-67-75(44-50)84(69-35-16-10-26-55(69)52-22-5-3-6-23-52)77-45-51(2)46-78-79(77)82(67)68-48-66-74(49-76(68)85(78)70-36-17-11-27-56(70)53-24-7-4-8-25-53)86-73-39-20-14-31-61(73)62-32-21-34-64(80(62)86)81(66)63-33-15-9-28-57(63)58-42-41-54(47-65(58)81)83-71-37-18-12-29-59(71)60-30-13-19-38-72(60)83/h3-49H,1-2H3. The van der Waals surface area contributed by atoms with Gasteiger partial charge in [-0.1, -0.05) is 218 Å². The van der Waals surface area contributed by atoms with Crippen LogP contribution in [0.25, 0.3) is 88.4 Å². The number of rotatable bonds is 5. The van der Waals surface area contributed by atoms with Crippen molar-refractivity contribution in [2.75, 3.05) is 9.80 Å². The number of hydrogen-bond acceptors (Lipinski definition) is 2. The van der Waals surface area contributed by atoms with Crippen LogP contribution in [0.5, 0.6) is 0 Å². The second kappa shape index (κ2) is 17.6. The third-order valence-corrected chi connectivity index (χ3v) is 19.6. The summed E-state index contributed by atoms with van der Waals surface area (Å²) in [4.78, 5) is 5.24. The molecule has 5 heterocycles. The van der Waals surface area contributed by atoms with Crippen LogP contribution in [0.3, 0.4) is 0 Å². The maximum Gasteiger partial charge on any atom is 0.252 e. The number of aromatic nitrogens is 2. The summed E-state index contributed by atoms with van der Waals surface area (Å²) in [6.45, 7) is 4.39. The van der Waals surface area contributed by atoms with E-state index >= 15 is 0 Å². The summed E-state index contributed by atoms with van der Waals surface area (Å²) in [6.07, 6.45) is 0. The third-order valence-electron chi connectivity index (χ3n) is 19.6. The van der Waals surface area contributed by atoms with Crippen LogP contribution in [0.1, 0.15) is 33.4 Å². The van der Waals surface area contributed by atoms with Crippen molar-refractivity contribution in [3.8, 4) is 44.8 Å². The Morgan fingerprint density at radius 2 is 0.791 bits per heavy atom. The van der Waals surface area contributed by atoms with Crippen LogP contribution in [-0.4, -0.2) is 15.8 Å². The molecular formula is C81H53BN4. The Morgan fingerprint density at radius 3 is 1.44 bits per heavy atom. The molecule has 0 saturated heterocycles. The zero-order valence-electron chi connectivity index (χ0n) is 47.5. The van der Waals surface area contributed by atoms with Crippen LogP contribution in [0.2, 0.25) is 0 Å². The largest absolute Gasteiger partial charge is 0.311 e. The number of fused-ring (bicyclic) bond motifs is 19. The van der Waals surface area contributed by atoms with Gasteiger partial charge in [-0.15, -0.1) is 0 Å². The monoisotopic (exact) mass is 1090 g/mol. The highest BCUT2D eigenvalue weighted by Gasteiger charge is 2.53. The van der Waals surface area contributed by atoms with Gasteiger partial charge < -0.3 is 18.9 Å². The Labute approximate surface area is 499 Å². The van der Waals surface area contributed by atoms with E-state index in [1.54, 1.807) is 0 Å². The number of anilines is 6. The minimum atomic E-state index is -0.746. The van der Waals surface area contributed by atoms with Gasteiger partial charge in [-0.3, -0.25) is 0 Å². The molecule has 0 fully saturated rings. The molecule has 5 heteroatoms. The van der Waals surface area contributed by atoms with Gasteiger partial charge in [-0.25, -0.2) is 0 Å². The summed E-state index contributed by atoms with van der Waals surface area (Å²) in [6, 6.07) is 108. The van der Waals surface area contributed by atoms with Crippen molar-refractivity contribution in [3.05, 3.63) is 318 Å². The lowest BCUT2D eigenvalue weighted by Crippen LogP contribution is -2.61. The van der Waals surface area contributed by atoms with E-state index < -0.39 is 5.41 Å². The van der Waals surface area contributed by atoms with Gasteiger partial charge in [0, 0.05) is 61.1 Å². The van der Waals surface area contributed by atoms with Crippen LogP contribution < -0.4 is 26.2 Å². The fourth-order valence-electron chi connectivity index (χ4n) is 16.2. The van der Waals surface area contributed by atoms with Crippen LogP contribution in [0.4, 0.5) is 34.1 Å². The van der Waals surface area contributed by atoms with E-state index in [-0.39, 0.29) is 6.71 Å². The van der Waals surface area contributed by atoms with E-state index in [0.717, 1.165) is 17.1 Å². The van der Waals surface area contributed by atoms with Crippen molar-refractivity contribution in [3.63, 3.8) is 0 Å². The highest BCUT2D eigenvalue weighted by Crippen LogP contribution is 2.62. The molecule has 0 radical (unpaired) electrons. The molecule has 4 nitrogen and oxygen atoms in total. The molecule has 1 aliphatic carbocycles. The molecule has 0 N–H and O–H groups in total. The highest BCUT2D eigenvalue weighted by molar-refractivity contribution is 7.00. The van der Waals surface area contributed by atoms with Crippen LogP contribution in [0, 0.1) is 13.8 Å². The molecule has 400 valence electrons. The SMILES string of the molecule is Cc1ccc2c(c1)N(c1ccccc1-c1ccccc1)c1cc(C)cc3c1B2c1cc2c(cc1N3c1ccccc1-c1ccccc1)-n1c3ccccc3c3cccc(c31)C21c2ccccc2-c2ccc(-n3c4ccccc4c4ccccc43)cc21. The lowest BCUT2D eigenvalue weighted by atomic mass is 9.33. The summed E-state index contributed by atoms with van der Waals surface area (Å²) in [5.41, 5.74) is 32.2. The van der Waals surface area contributed by atoms with Crippen molar-refractivity contribution in [2.45, 2.75) is 19.3 Å². The van der Waals surface area contributed by atoms with E-state index in [0.29, 0.717) is 0 Å². The highest BCUT2D eigenvalue weighted by atomic mass is 15.2. The average molecular weight is 1090 g/mol. The first-order valence-electron chi connectivity index (χ1n) is 30.1. The smallest absolute Gasteiger partial charge is 0.252 e. The van der Waals surface area contributed by atoms with Gasteiger partial charge in [-0.05, 0) is 153 Å². The Kier molecular flexibility index (Phi) is 9.73. The zero-order valence-corrected chi connectivity index (χ0v) is 47.5. The molecule has 0 bridgehead atoms. The van der Waals surface area contributed by atoms with Crippen LogP contribution in [0.15, 0.2) is 285 Å². The molecule has 1 spiro atoms. The number of hydrogen-bond donors (Lipinski definition) is 0. The number of benzene rings is 13. The second-order valence-corrected chi connectivity index (χ2v) is 24.0. The predicted octanol–water partition coefficient (Wildman–Crippen LogP) is 18.6. The van der Waals surface area contributed by atoms with Gasteiger partial charge >= 0.3 is 0 Å². The minimum Gasteiger partial charge on any atom is -0.311 e. The quantitative estimate of drug-likeness (QED) is 0.160. The van der Waals surface area contributed by atoms with Gasteiger partial charge in [0.05, 0.1) is 44.5 Å². The molecule has 13 aromatic carbocycles. The topological polar surface area (TPSA) is 16.3 Å². The van der Waals surface area contributed by atoms with Gasteiger partial charge in [0.1, 0.15) is 0 Å². The zero-order chi connectivity index (χ0) is 56.5. The van der Waals surface area contributed by atoms with Crippen LogP contribution in [-0.2, 0) is 5.41 Å². The van der Waals surface area contributed by atoms with E-state index in [1.807, 2.05) is 0 Å². The average Bonchev–Trinajstić information content (AvgIpc) is 1.33. The summed E-state index contributed by atoms with van der Waals surface area (Å²) >= 11 is 0. The van der Waals surface area contributed by atoms with Gasteiger partial charge in [0.15, 0.2) is 0 Å². The Bertz CT molecular complexity index is 5370. The number of para-hydroxylation sites is 6. The molecule has 19 rings (SSSR count). The first-order chi connectivity index (χ1) is 42.5. The molecular weight excluding hydrogens is 1040 g/mol. The summed E-state index contributed by atoms with van der Waals surface area (Å²) in [5.74, 6) is 0. The van der Waals surface area contributed by atoms with E-state index in [4.69, 9.17) is 0 Å². The van der Waals surface area contributed by atoms with Gasteiger partial charge in [-0.2, -0.15) is 0 Å². The number of aryl methyl sites for hydroxylation is 2. The van der Waals surface area contributed by atoms with Gasteiger partial charge in [0.2, 0.25) is 0 Å². The summed E-state index contributed by atoms with van der Waals surface area (Å²) in [7, 11) is 0. The van der Waals surface area contributed by atoms with Crippen molar-refractivity contribution < 1.29 is 0 Å². The predicted molar refractivity (Wildman–Crippen MR) is 360 cm³/mol. The first kappa shape index (κ1) is 47.6. The Balaban J connectivity index is 0.977. The minimum absolute atomic E-state index is 0.146. The fourth-order valence-corrected chi connectivity index (χ4v) is 16.2. The molecule has 1 atom stereocenters. The maximum absolute atomic E-state index is 2.70. The third kappa shape index (κ3) is 6.23. The Morgan fingerprint density at radius 1 is 0.291 bits per heavy atom. The molecule has 1 unspecified atom stereocenters. The lowest BCUT2D eigenvalue weighted by Gasteiger charge is -2.47. The molecule has 15 aromatic rings. The molecule has 86 heavy (non-hydrogen) atoms. The van der Waals surface area contributed by atoms with Crippen molar-refractivity contribution in [1.82, 2.24) is 9.13 Å². The van der Waals surface area contributed by atoms with Gasteiger partial charge in [0.25, 0.3) is 6.71 Å². The maximum atomic E-state index is 2.70. The molecule has 0 saturated carbocycles. The first-order valence-corrected chi connectivity index (χ1v) is 30.1. The molecule has 2 aromatic heterocycles. The normalized spacial score (nSPS) is 14.8. The van der Waals surface area contributed by atoms with E-state index in [1.165, 1.54) is 155 Å². The summed E-state index contributed by atoms with van der Waals surface area (Å²) < 4.78 is 5.14. The lowest BCUT2D eigenvalue weighted by molar-refractivity contribution is 0.748. The van der Waals surface area contributed by atoms with Crippen LogP contribution >= 0.6 is 0 Å². The number of nitrogens with zero attached hydrogens (tertiary/aromatic N) is 4. The molecule has 3 aliphatic heterocycles. The van der Waals surface area contributed by atoms with Crippen molar-refractivity contribution in [1.29, 1.82) is 0 Å². The van der Waals surface area contributed by atoms with E-state index in [2.05, 4.69) is 318 Å². The van der Waals surface area contributed by atoms with Crippen molar-refractivity contribution in [2.24, 2.45) is 0 Å². The van der Waals surface area contributed by atoms with Crippen molar-refractivity contribution >= 4 is 101 Å². The molecule has 4 aliphatic rings.